The van der Waals surface area contributed by atoms with Gasteiger partial charge in [0.15, 0.2) is 5.60 Å². The van der Waals surface area contributed by atoms with Gasteiger partial charge < -0.3 is 44.9 Å². The molecule has 2 unspecified atom stereocenters. The number of rotatable bonds is 18. The van der Waals surface area contributed by atoms with Crippen molar-refractivity contribution in [3.8, 4) is 11.5 Å². The maximum absolute atomic E-state index is 13.7. The van der Waals surface area contributed by atoms with Gasteiger partial charge in [-0.25, -0.2) is 4.79 Å². The summed E-state index contributed by atoms with van der Waals surface area (Å²) in [7, 11) is 0. The molecule has 2 aromatic heterocycles. The van der Waals surface area contributed by atoms with Crippen molar-refractivity contribution in [2.24, 2.45) is 5.92 Å². The van der Waals surface area contributed by atoms with Gasteiger partial charge in [0, 0.05) is 83.0 Å². The lowest BCUT2D eigenvalue weighted by Crippen LogP contribution is -2.40. The van der Waals surface area contributed by atoms with Gasteiger partial charge in [0.1, 0.15) is 30.4 Å². The monoisotopic (exact) mass is 1130 g/mol. The molecule has 5 heterocycles. The molecule has 1 saturated carbocycles. The first-order valence-corrected chi connectivity index (χ1v) is 27.1. The zero-order valence-electron chi connectivity index (χ0n) is 43.3. The molecule has 1 spiro atoms. The Balaban J connectivity index is 0.674. The van der Waals surface area contributed by atoms with Crippen LogP contribution in [-0.2, 0) is 40.8 Å². The molecular weight excluding hydrogens is 1070 g/mol. The number of nitrogens with one attached hydrogen (secondary N) is 5. The summed E-state index contributed by atoms with van der Waals surface area (Å²) >= 11 is 1.63. The second-order valence-corrected chi connectivity index (χ2v) is 21.2. The molecule has 16 nitrogen and oxygen atoms in total. The molecule has 23 heteroatoms. The van der Waals surface area contributed by atoms with Crippen molar-refractivity contribution < 1.29 is 69.3 Å². The molecule has 4 aromatic carbocycles. The maximum Gasteiger partial charge on any atom is 0.471 e. The Morgan fingerprint density at radius 1 is 0.750 bits per heavy atom. The van der Waals surface area contributed by atoms with E-state index in [9.17, 15) is 55.1 Å². The van der Waals surface area contributed by atoms with Gasteiger partial charge in [-0.3, -0.25) is 29.3 Å². The van der Waals surface area contributed by atoms with Crippen molar-refractivity contribution >= 4 is 74.1 Å². The number of carbonyl (C=O) groups excluding carboxylic acids is 6. The molecule has 10 rings (SSSR count). The minimum absolute atomic E-state index is 0.00244. The predicted octanol–water partition coefficient (Wildman–Crippen LogP) is 10.3. The number of esters is 1. The SMILES string of the molecule is CCN(C(=O)Cn1c(C2OC2NC2CCC(C(=O)NCCCCCCNC(=O)c3ccc4c(c3)C(=O)OC43c4ccc(NC(=O)C(F)(F)F)cc4Oc4cc(NC(=O)C(F)(F)F)ccc43)CC2)cc2sccc21)c1cccc(C)c1. The minimum Gasteiger partial charge on any atom is -0.456 e. The molecule has 3 aliphatic heterocycles. The first-order valence-electron chi connectivity index (χ1n) is 26.2. The summed E-state index contributed by atoms with van der Waals surface area (Å²) in [6, 6.07) is 23.3. The molecule has 0 bridgehead atoms. The van der Waals surface area contributed by atoms with Crippen molar-refractivity contribution in [3.63, 3.8) is 0 Å². The van der Waals surface area contributed by atoms with Crippen LogP contribution in [0.15, 0.2) is 96.4 Å². The van der Waals surface area contributed by atoms with E-state index in [1.807, 2.05) is 54.5 Å². The van der Waals surface area contributed by atoms with Gasteiger partial charge in [0.05, 0.1) is 21.5 Å². The first kappa shape index (κ1) is 55.6. The van der Waals surface area contributed by atoms with Crippen LogP contribution in [0.3, 0.4) is 0 Å². The third-order valence-electron chi connectivity index (χ3n) is 14.8. The van der Waals surface area contributed by atoms with E-state index in [1.54, 1.807) is 22.0 Å². The molecular formula is C57H55F6N7O9S. The molecule has 5 amide bonds. The normalized spacial score (nSPS) is 18.8. The van der Waals surface area contributed by atoms with Crippen LogP contribution in [0.2, 0.25) is 0 Å². The van der Waals surface area contributed by atoms with Crippen LogP contribution >= 0.6 is 11.3 Å². The van der Waals surface area contributed by atoms with Gasteiger partial charge in [0.25, 0.3) is 5.91 Å². The van der Waals surface area contributed by atoms with Crippen molar-refractivity contribution in [2.45, 2.75) is 108 Å². The lowest BCUT2D eigenvalue weighted by atomic mass is 9.77. The number of fused-ring (bicyclic) bond motifs is 7. The summed E-state index contributed by atoms with van der Waals surface area (Å²) in [6.45, 7) is 5.55. The number of aromatic nitrogens is 1. The average Bonchev–Trinajstić information content (AvgIpc) is 3.79. The number of halogens is 6. The summed E-state index contributed by atoms with van der Waals surface area (Å²) in [6.07, 6.45) is -4.81. The van der Waals surface area contributed by atoms with Gasteiger partial charge >= 0.3 is 30.1 Å². The van der Waals surface area contributed by atoms with Crippen LogP contribution in [0, 0.1) is 12.8 Å². The fourth-order valence-electron chi connectivity index (χ4n) is 10.8. The van der Waals surface area contributed by atoms with Gasteiger partial charge in [-0.05, 0) is 124 Å². The molecule has 0 radical (unpaired) electrons. The predicted molar refractivity (Wildman–Crippen MR) is 283 cm³/mol. The number of anilines is 3. The standard InChI is InChI=1S/C57H55F6N7O9S/c1-3-69(37-10-8-9-31(2)25-37)47(71)30-70-42-21-24-80-46(42)29-43(70)48-51(78-48)66-34-14-11-32(12-15-34)49(72)64-22-6-4-5-7-23-65-50(73)33-13-18-39-38(26-33)52(74)79-55(39)40-19-16-35(67-53(75)56(58,59)60)27-44(40)77-45-28-36(17-20-41(45)55)68-54(76)57(61,62)63/h8-10,13,16-21,24-29,32,34,48,51,66H,3-7,11-12,14-15,22-23,30H2,1-2H3,(H,64,72)(H,65,73)(H,67,75)(H,68,76). The highest BCUT2D eigenvalue weighted by Crippen LogP contribution is 2.57. The van der Waals surface area contributed by atoms with E-state index in [-0.39, 0.29) is 93.3 Å². The number of epoxide rings is 1. The van der Waals surface area contributed by atoms with E-state index in [2.05, 4.69) is 26.6 Å². The molecule has 5 N–H and O–H groups in total. The molecule has 2 fully saturated rings. The molecule has 2 atom stereocenters. The molecule has 1 aliphatic carbocycles. The number of amides is 5. The smallest absolute Gasteiger partial charge is 0.456 e. The second kappa shape index (κ2) is 22.4. The molecule has 6 aromatic rings. The van der Waals surface area contributed by atoms with Crippen LogP contribution in [-0.4, -0.2) is 84.3 Å². The van der Waals surface area contributed by atoms with Crippen molar-refractivity contribution in [2.75, 3.05) is 35.2 Å². The lowest BCUT2D eigenvalue weighted by molar-refractivity contribution is -0.167. The highest BCUT2D eigenvalue weighted by molar-refractivity contribution is 7.17. The van der Waals surface area contributed by atoms with Crippen LogP contribution < -0.4 is 36.2 Å². The highest BCUT2D eigenvalue weighted by Gasteiger charge is 2.54. The highest BCUT2D eigenvalue weighted by atomic mass is 32.1. The van der Waals surface area contributed by atoms with Gasteiger partial charge in [-0.2, -0.15) is 26.3 Å². The Hall–Kier alpha value is -7.76. The number of likely N-dealkylation sites (N-methyl/N-ethyl adjacent to an activating group) is 1. The Labute approximate surface area is 458 Å². The lowest BCUT2D eigenvalue weighted by Gasteiger charge is -2.37. The fourth-order valence-corrected chi connectivity index (χ4v) is 11.7. The van der Waals surface area contributed by atoms with E-state index in [1.165, 1.54) is 30.3 Å². The number of aryl methyl sites for hydroxylation is 1. The zero-order chi connectivity index (χ0) is 56.7. The van der Waals surface area contributed by atoms with E-state index < -0.39 is 41.6 Å². The summed E-state index contributed by atoms with van der Waals surface area (Å²) in [5.41, 5.74) is 1.67. The number of ether oxygens (including phenoxy) is 3. The Kier molecular flexibility index (Phi) is 15.6. The second-order valence-electron chi connectivity index (χ2n) is 20.2. The molecule has 80 heavy (non-hydrogen) atoms. The summed E-state index contributed by atoms with van der Waals surface area (Å²) in [4.78, 5) is 79.3. The van der Waals surface area contributed by atoms with Gasteiger partial charge in [-0.15, -0.1) is 11.3 Å². The summed E-state index contributed by atoms with van der Waals surface area (Å²) < 4.78 is 100. The minimum atomic E-state index is -5.25. The van der Waals surface area contributed by atoms with Crippen LogP contribution in [0.5, 0.6) is 11.5 Å². The maximum atomic E-state index is 13.7. The van der Waals surface area contributed by atoms with Crippen LogP contribution in [0.25, 0.3) is 10.2 Å². The topological polar surface area (TPSA) is 202 Å². The number of hydrogen-bond donors (Lipinski definition) is 5. The summed E-state index contributed by atoms with van der Waals surface area (Å²) in [5, 5.41) is 15.0. The molecule has 420 valence electrons. The fraction of sp³-hybridized carbons (Fsp3) is 0.368. The number of nitrogens with zero attached hydrogens (tertiary/aromatic N) is 2. The van der Waals surface area contributed by atoms with E-state index in [0.717, 1.165) is 96.4 Å². The largest absolute Gasteiger partial charge is 0.471 e. The third-order valence-corrected chi connectivity index (χ3v) is 15.7. The number of benzene rings is 4. The zero-order valence-corrected chi connectivity index (χ0v) is 44.1. The van der Waals surface area contributed by atoms with Crippen LogP contribution in [0.4, 0.5) is 43.4 Å². The number of unbranched alkanes of at least 4 members (excludes halogenated alkanes) is 3. The van der Waals surface area contributed by atoms with Crippen molar-refractivity contribution in [1.82, 2.24) is 20.5 Å². The molecule has 4 aliphatic rings. The van der Waals surface area contributed by atoms with E-state index >= 15 is 0 Å². The van der Waals surface area contributed by atoms with E-state index in [4.69, 9.17) is 14.2 Å². The van der Waals surface area contributed by atoms with Crippen LogP contribution in [0.1, 0.15) is 113 Å². The van der Waals surface area contributed by atoms with Gasteiger partial charge in [0.2, 0.25) is 11.8 Å². The molecule has 1 saturated heterocycles. The Morgan fingerprint density at radius 3 is 2.01 bits per heavy atom. The van der Waals surface area contributed by atoms with E-state index in [0.29, 0.717) is 26.1 Å². The summed E-state index contributed by atoms with van der Waals surface area (Å²) in [5.74, 6) is -6.51. The number of thiophene rings is 1. The number of hydrogen-bond acceptors (Lipinski definition) is 11. The average molecular weight is 1130 g/mol. The van der Waals surface area contributed by atoms with Crippen molar-refractivity contribution in [3.05, 3.63) is 135 Å². The Morgan fingerprint density at radius 2 is 1.39 bits per heavy atom. The number of alkyl halides is 6. The van der Waals surface area contributed by atoms with Gasteiger partial charge in [-0.1, -0.05) is 31.0 Å². The quantitative estimate of drug-likeness (QED) is 0.0239. The first-order chi connectivity index (χ1) is 38.2. The Bertz CT molecular complexity index is 3330. The third kappa shape index (κ3) is 11.5. The number of carbonyl (C=O) groups is 6. The van der Waals surface area contributed by atoms with Crippen molar-refractivity contribution in [1.29, 1.82) is 0 Å².